The molecule has 0 N–H and O–H groups in total. The quantitative estimate of drug-likeness (QED) is 0.595. The third kappa shape index (κ3) is 6.31. The summed E-state index contributed by atoms with van der Waals surface area (Å²) in [7, 11) is 1.54. The number of benzene rings is 2. The Morgan fingerprint density at radius 2 is 1.60 bits per heavy atom. The van der Waals surface area contributed by atoms with Crippen LogP contribution in [0.4, 0.5) is 0 Å². The van der Waals surface area contributed by atoms with E-state index in [4.69, 9.17) is 15.0 Å². The first-order valence-corrected chi connectivity index (χ1v) is 10.3. The monoisotopic (exact) mass is 414 g/mol. The van der Waals surface area contributed by atoms with Crippen molar-refractivity contribution in [2.75, 3.05) is 52.9 Å². The van der Waals surface area contributed by atoms with Crippen molar-refractivity contribution in [3.8, 4) is 11.5 Å². The Kier molecular flexibility index (Phi) is 6.43. The summed E-state index contributed by atoms with van der Waals surface area (Å²) < 4.78 is 44.6. The van der Waals surface area contributed by atoms with Gasteiger partial charge in [-0.25, -0.2) is 0 Å². The van der Waals surface area contributed by atoms with Gasteiger partial charge in [-0.05, 0) is 49.0 Å². The zero-order valence-corrected chi connectivity index (χ0v) is 18.1. The summed E-state index contributed by atoms with van der Waals surface area (Å²) in [6, 6.07) is 13.0. The smallest absolute Gasteiger partial charge is 0.161 e. The molecule has 1 fully saturated rings. The minimum absolute atomic E-state index is 0.0640. The highest BCUT2D eigenvalue weighted by molar-refractivity contribution is 5.83. The van der Waals surface area contributed by atoms with E-state index in [-0.39, 0.29) is 19.6 Å². The topological polar surface area (TPSA) is 42.0 Å². The number of ether oxygens (including phenoxy) is 2. The van der Waals surface area contributed by atoms with Gasteiger partial charge < -0.3 is 14.4 Å². The van der Waals surface area contributed by atoms with E-state index in [0.29, 0.717) is 37.7 Å². The van der Waals surface area contributed by atoms with Crippen LogP contribution in [-0.4, -0.2) is 68.5 Å². The molecule has 0 aromatic heterocycles. The van der Waals surface area contributed by atoms with Gasteiger partial charge in [0.05, 0.1) is 23.0 Å². The van der Waals surface area contributed by atoms with E-state index in [1.165, 1.54) is 0 Å². The third-order valence-electron chi connectivity index (χ3n) is 5.37. The van der Waals surface area contributed by atoms with Crippen LogP contribution in [0.2, 0.25) is 0 Å². The fraction of sp³-hybridized carbons (Fsp3) is 0.480. The Hall–Kier alpha value is -2.37. The van der Waals surface area contributed by atoms with Gasteiger partial charge in [0.25, 0.3) is 0 Å². The maximum absolute atomic E-state index is 12.9. The zero-order valence-electron chi connectivity index (χ0n) is 22.1. The molecule has 0 bridgehead atoms. The van der Waals surface area contributed by atoms with Crippen molar-refractivity contribution in [3.63, 3.8) is 0 Å². The number of methoxy groups -OCH3 is 1. The maximum atomic E-state index is 12.9. The first-order valence-electron chi connectivity index (χ1n) is 12.3. The number of piperazine rings is 1. The molecule has 0 aliphatic carbocycles. The fourth-order valence-corrected chi connectivity index (χ4v) is 3.59. The highest BCUT2D eigenvalue weighted by Gasteiger charge is 2.19. The Balaban J connectivity index is 1.53. The van der Waals surface area contributed by atoms with Gasteiger partial charge in [0.1, 0.15) is 0 Å². The van der Waals surface area contributed by atoms with Gasteiger partial charge in [0, 0.05) is 41.9 Å². The van der Waals surface area contributed by atoms with Gasteiger partial charge in [-0.15, -0.1) is 0 Å². The molecule has 0 amide bonds. The van der Waals surface area contributed by atoms with E-state index in [1.807, 2.05) is 49.1 Å². The maximum Gasteiger partial charge on any atom is 0.161 e. The lowest BCUT2D eigenvalue weighted by Gasteiger charge is -2.34. The van der Waals surface area contributed by atoms with Crippen LogP contribution >= 0.6 is 0 Å². The zero-order chi connectivity index (χ0) is 24.9. The molecule has 1 heterocycles. The molecule has 162 valence electrons. The molecule has 5 nitrogen and oxygen atoms in total. The summed E-state index contributed by atoms with van der Waals surface area (Å²) in [6.45, 7) is 3.52. The van der Waals surface area contributed by atoms with Gasteiger partial charge in [-0.3, -0.25) is 9.69 Å². The lowest BCUT2D eigenvalue weighted by Crippen LogP contribution is -2.48. The first kappa shape index (κ1) is 17.3. The molecule has 3 rings (SSSR count). The minimum atomic E-state index is -2.06. The molecule has 30 heavy (non-hydrogen) atoms. The second kappa shape index (κ2) is 11.1. The number of aryl methyl sites for hydroxylation is 2. The molecular formula is C25H34N2O3. The summed E-state index contributed by atoms with van der Waals surface area (Å²) in [5.74, 6) is 0.605. The second-order valence-electron chi connectivity index (χ2n) is 7.53. The van der Waals surface area contributed by atoms with E-state index < -0.39 is 18.7 Å². The fourth-order valence-electron chi connectivity index (χ4n) is 3.59. The molecule has 1 aliphatic heterocycles. The van der Waals surface area contributed by atoms with Crippen molar-refractivity contribution in [2.24, 2.45) is 0 Å². The van der Waals surface area contributed by atoms with Crippen LogP contribution in [0.15, 0.2) is 42.5 Å². The Morgan fingerprint density at radius 1 is 0.967 bits per heavy atom. The van der Waals surface area contributed by atoms with E-state index in [2.05, 4.69) is 0 Å². The number of rotatable bonds is 10. The molecule has 2 aromatic rings. The summed E-state index contributed by atoms with van der Waals surface area (Å²) in [4.78, 5) is 16.4. The summed E-state index contributed by atoms with van der Waals surface area (Å²) >= 11 is 0. The SMILES string of the molecule is [2H]C([2H])(COc1ccccc1OC)CN1CCN(C([2H])([2H])C(=O)Cc2c(C)cccc2C)CC1. The van der Waals surface area contributed by atoms with Crippen LogP contribution in [-0.2, 0) is 11.2 Å². The number of carbonyl (C=O) groups excluding carboxylic acids is 1. The van der Waals surface area contributed by atoms with Crippen LogP contribution in [0.5, 0.6) is 11.5 Å². The molecule has 0 unspecified atom stereocenters. The summed E-state index contributed by atoms with van der Waals surface area (Å²) in [6.07, 6.45) is -1.53. The van der Waals surface area contributed by atoms with Gasteiger partial charge in [0.15, 0.2) is 17.3 Å². The average molecular weight is 415 g/mol. The lowest BCUT2D eigenvalue weighted by atomic mass is 9.98. The average Bonchev–Trinajstić information content (AvgIpc) is 2.80. The molecule has 0 radical (unpaired) electrons. The summed E-state index contributed by atoms with van der Waals surface area (Å²) in [5.41, 5.74) is 2.87. The normalized spacial score (nSPS) is 18.1. The van der Waals surface area contributed by atoms with Crippen LogP contribution < -0.4 is 9.47 Å². The van der Waals surface area contributed by atoms with E-state index >= 15 is 0 Å². The second-order valence-corrected chi connectivity index (χ2v) is 7.53. The molecule has 1 aliphatic rings. The Labute approximate surface area is 186 Å². The Morgan fingerprint density at radius 3 is 2.27 bits per heavy atom. The van der Waals surface area contributed by atoms with Crippen molar-refractivity contribution in [1.82, 2.24) is 9.80 Å². The van der Waals surface area contributed by atoms with Crippen LogP contribution in [0, 0.1) is 13.8 Å². The largest absolute Gasteiger partial charge is 0.493 e. The highest BCUT2D eigenvalue weighted by atomic mass is 16.5. The number of hydrogen-bond donors (Lipinski definition) is 0. The molecule has 2 aromatic carbocycles. The minimum Gasteiger partial charge on any atom is -0.493 e. The van der Waals surface area contributed by atoms with Crippen molar-refractivity contribution >= 4 is 5.78 Å². The number of Topliss-reactive ketones (excluding diaryl/α,β-unsaturated/α-hetero) is 1. The van der Waals surface area contributed by atoms with Crippen molar-refractivity contribution in [1.29, 1.82) is 0 Å². The predicted molar refractivity (Wildman–Crippen MR) is 121 cm³/mol. The van der Waals surface area contributed by atoms with E-state index in [1.54, 1.807) is 24.1 Å². The van der Waals surface area contributed by atoms with Gasteiger partial charge in [0.2, 0.25) is 0 Å². The molecule has 1 saturated heterocycles. The van der Waals surface area contributed by atoms with Gasteiger partial charge in [-0.1, -0.05) is 30.3 Å². The number of carbonyl (C=O) groups is 1. The molecule has 0 atom stereocenters. The van der Waals surface area contributed by atoms with E-state index in [0.717, 1.165) is 16.7 Å². The van der Waals surface area contributed by atoms with E-state index in [9.17, 15) is 4.79 Å². The number of hydrogen-bond acceptors (Lipinski definition) is 5. The van der Waals surface area contributed by atoms with Crippen molar-refractivity contribution in [2.45, 2.75) is 26.6 Å². The highest BCUT2D eigenvalue weighted by Crippen LogP contribution is 2.25. The molecule has 5 heteroatoms. The van der Waals surface area contributed by atoms with Crippen molar-refractivity contribution < 1.29 is 19.8 Å². The third-order valence-corrected chi connectivity index (χ3v) is 5.37. The van der Waals surface area contributed by atoms with Gasteiger partial charge in [-0.2, -0.15) is 0 Å². The predicted octanol–water partition coefficient (Wildman–Crippen LogP) is 3.51. The first-order chi connectivity index (χ1) is 16.0. The Bertz CT molecular complexity index is 972. The lowest BCUT2D eigenvalue weighted by molar-refractivity contribution is -0.120. The van der Waals surface area contributed by atoms with Gasteiger partial charge >= 0.3 is 0 Å². The van der Waals surface area contributed by atoms with Crippen LogP contribution in [0.25, 0.3) is 0 Å². The number of ketones is 1. The van der Waals surface area contributed by atoms with Crippen LogP contribution in [0.1, 0.15) is 28.5 Å². The number of nitrogens with zero attached hydrogens (tertiary/aromatic N) is 2. The van der Waals surface area contributed by atoms with Crippen molar-refractivity contribution in [3.05, 3.63) is 59.2 Å². The summed E-state index contributed by atoms with van der Waals surface area (Å²) in [5, 5.41) is 0. The standard InChI is InChI=1S/C25H34N2O3/c1-20-8-6-9-21(2)23(20)18-22(28)19-27-15-13-26(14-16-27)12-7-17-30-25-11-5-4-10-24(25)29-3/h4-6,8-11H,7,12-19H2,1-3H3/i7D2,19D2. The molecule has 0 spiro atoms. The number of para-hydroxylation sites is 2. The van der Waals surface area contributed by atoms with Crippen LogP contribution in [0.3, 0.4) is 0 Å². The molecule has 0 saturated carbocycles. The molecular weight excluding hydrogens is 376 g/mol.